The number of nitrogens with two attached hydrogens (primary N) is 1. The molecule has 1 fully saturated rings. The third-order valence-electron chi connectivity index (χ3n) is 2.63. The van der Waals surface area contributed by atoms with Gasteiger partial charge in [0.25, 0.3) is 10.1 Å². The predicted octanol–water partition coefficient (Wildman–Crippen LogP) is 0.426. The molecule has 2 rings (SSSR count). The summed E-state index contributed by atoms with van der Waals surface area (Å²) in [5.41, 5.74) is 6.66. The lowest BCUT2D eigenvalue weighted by Crippen LogP contribution is -2.36. The molecule has 6 heteroatoms. The minimum absolute atomic E-state index is 0.141. The summed E-state index contributed by atoms with van der Waals surface area (Å²) in [6, 6.07) is 6.09. The van der Waals surface area contributed by atoms with Gasteiger partial charge in [-0.2, -0.15) is 8.42 Å². The van der Waals surface area contributed by atoms with Gasteiger partial charge in [0.15, 0.2) is 0 Å². The Kier molecular flexibility index (Phi) is 3.48. The zero-order valence-corrected chi connectivity index (χ0v) is 10.3. The average Bonchev–Trinajstić information content (AvgIpc) is 2.64. The number of benzene rings is 1. The standard InChI is InChI=1S/C11H15NO4S/c1-8-2-4-9(5-3-8)17(13,14)16-11-7-15-6-10(11)12/h2-5,10-11H,6-7,12H2,1H3. The maximum Gasteiger partial charge on any atom is 0.297 e. The van der Waals surface area contributed by atoms with E-state index in [1.165, 1.54) is 12.1 Å². The number of aryl methyl sites for hydroxylation is 1. The second-order valence-electron chi connectivity index (χ2n) is 4.10. The second-order valence-corrected chi connectivity index (χ2v) is 5.68. The monoisotopic (exact) mass is 257 g/mol. The zero-order valence-electron chi connectivity index (χ0n) is 9.50. The molecule has 0 aromatic heterocycles. The smallest absolute Gasteiger partial charge is 0.297 e. The van der Waals surface area contributed by atoms with Crippen LogP contribution in [0.15, 0.2) is 29.2 Å². The Morgan fingerprint density at radius 1 is 1.29 bits per heavy atom. The molecule has 0 bridgehead atoms. The third-order valence-corrected chi connectivity index (χ3v) is 3.98. The highest BCUT2D eigenvalue weighted by atomic mass is 32.2. The lowest BCUT2D eigenvalue weighted by atomic mass is 10.2. The Bertz CT molecular complexity index is 483. The van der Waals surface area contributed by atoms with Gasteiger partial charge in [-0.15, -0.1) is 0 Å². The minimum atomic E-state index is -3.75. The molecule has 1 aliphatic rings. The topological polar surface area (TPSA) is 78.6 Å². The minimum Gasteiger partial charge on any atom is -0.377 e. The van der Waals surface area contributed by atoms with Gasteiger partial charge < -0.3 is 10.5 Å². The Morgan fingerprint density at radius 3 is 2.47 bits per heavy atom. The van der Waals surface area contributed by atoms with Gasteiger partial charge in [-0.3, -0.25) is 4.18 Å². The van der Waals surface area contributed by atoms with Gasteiger partial charge in [0.05, 0.1) is 24.2 Å². The molecule has 17 heavy (non-hydrogen) atoms. The molecule has 0 saturated carbocycles. The first-order valence-electron chi connectivity index (χ1n) is 5.32. The molecule has 2 unspecified atom stereocenters. The summed E-state index contributed by atoms with van der Waals surface area (Å²) < 4.78 is 33.9. The van der Waals surface area contributed by atoms with Crippen LogP contribution in [0.1, 0.15) is 5.56 Å². The molecule has 1 heterocycles. The summed E-state index contributed by atoms with van der Waals surface area (Å²) in [5, 5.41) is 0. The molecule has 1 aromatic carbocycles. The van der Waals surface area contributed by atoms with E-state index in [4.69, 9.17) is 14.7 Å². The molecular formula is C11H15NO4S. The Hall–Kier alpha value is -0.950. The Morgan fingerprint density at radius 2 is 1.94 bits per heavy atom. The van der Waals surface area contributed by atoms with Crippen LogP contribution in [-0.4, -0.2) is 33.8 Å². The second kappa shape index (κ2) is 4.73. The van der Waals surface area contributed by atoms with Crippen molar-refractivity contribution in [3.05, 3.63) is 29.8 Å². The van der Waals surface area contributed by atoms with E-state index >= 15 is 0 Å². The molecule has 0 amide bonds. The number of hydrogen-bond donors (Lipinski definition) is 1. The highest BCUT2D eigenvalue weighted by Crippen LogP contribution is 2.18. The lowest BCUT2D eigenvalue weighted by Gasteiger charge is -2.14. The van der Waals surface area contributed by atoms with Crippen LogP contribution in [0.25, 0.3) is 0 Å². The first-order chi connectivity index (χ1) is 7.99. The van der Waals surface area contributed by atoms with E-state index in [2.05, 4.69) is 0 Å². The van der Waals surface area contributed by atoms with Crippen LogP contribution < -0.4 is 5.73 Å². The molecule has 0 spiro atoms. The van der Waals surface area contributed by atoms with Crippen molar-refractivity contribution in [3.63, 3.8) is 0 Å². The van der Waals surface area contributed by atoms with Gasteiger partial charge in [0, 0.05) is 0 Å². The van der Waals surface area contributed by atoms with Crippen molar-refractivity contribution in [3.8, 4) is 0 Å². The molecule has 1 aliphatic heterocycles. The lowest BCUT2D eigenvalue weighted by molar-refractivity contribution is 0.144. The average molecular weight is 257 g/mol. The summed E-state index contributed by atoms with van der Waals surface area (Å²) in [7, 11) is -3.75. The highest BCUT2D eigenvalue weighted by Gasteiger charge is 2.31. The SMILES string of the molecule is Cc1ccc(S(=O)(=O)OC2COCC2N)cc1. The quantitative estimate of drug-likeness (QED) is 0.794. The van der Waals surface area contributed by atoms with E-state index in [1.54, 1.807) is 12.1 Å². The number of rotatable bonds is 3. The molecule has 5 nitrogen and oxygen atoms in total. The summed E-state index contributed by atoms with van der Waals surface area (Å²) in [5.74, 6) is 0. The molecular weight excluding hydrogens is 242 g/mol. The van der Waals surface area contributed by atoms with Crippen molar-refractivity contribution in [1.82, 2.24) is 0 Å². The fraction of sp³-hybridized carbons (Fsp3) is 0.455. The summed E-state index contributed by atoms with van der Waals surface area (Å²) in [6.45, 7) is 2.43. The van der Waals surface area contributed by atoms with E-state index in [0.29, 0.717) is 6.61 Å². The normalized spacial score (nSPS) is 25.1. The third kappa shape index (κ3) is 2.84. The number of hydrogen-bond acceptors (Lipinski definition) is 5. The highest BCUT2D eigenvalue weighted by molar-refractivity contribution is 7.86. The zero-order chi connectivity index (χ0) is 12.5. The van der Waals surface area contributed by atoms with Crippen LogP contribution in [0, 0.1) is 6.92 Å². The van der Waals surface area contributed by atoms with Crippen molar-refractivity contribution >= 4 is 10.1 Å². The van der Waals surface area contributed by atoms with E-state index in [-0.39, 0.29) is 11.5 Å². The Balaban J connectivity index is 2.16. The maximum atomic E-state index is 11.9. The van der Waals surface area contributed by atoms with Gasteiger partial charge in [0.2, 0.25) is 0 Å². The van der Waals surface area contributed by atoms with Crippen LogP contribution >= 0.6 is 0 Å². The summed E-state index contributed by atoms with van der Waals surface area (Å²) >= 11 is 0. The van der Waals surface area contributed by atoms with Crippen LogP contribution in [0.4, 0.5) is 0 Å². The number of ether oxygens (including phenoxy) is 1. The first-order valence-corrected chi connectivity index (χ1v) is 6.73. The molecule has 0 radical (unpaired) electrons. The van der Waals surface area contributed by atoms with Gasteiger partial charge in [-0.1, -0.05) is 17.7 Å². The fourth-order valence-electron chi connectivity index (χ4n) is 1.57. The first kappa shape index (κ1) is 12.5. The van der Waals surface area contributed by atoms with Crippen LogP contribution in [0.3, 0.4) is 0 Å². The fourth-order valence-corrected chi connectivity index (χ4v) is 2.68. The predicted molar refractivity (Wildman–Crippen MR) is 62.0 cm³/mol. The van der Waals surface area contributed by atoms with Crippen molar-refractivity contribution in [2.24, 2.45) is 5.73 Å². The van der Waals surface area contributed by atoms with Crippen molar-refractivity contribution in [2.75, 3.05) is 13.2 Å². The van der Waals surface area contributed by atoms with Gasteiger partial charge in [-0.05, 0) is 19.1 Å². The molecule has 1 aromatic rings. The molecule has 94 valence electrons. The Labute approximate surface area is 101 Å². The van der Waals surface area contributed by atoms with Crippen molar-refractivity contribution in [2.45, 2.75) is 24.0 Å². The molecule has 2 atom stereocenters. The van der Waals surface area contributed by atoms with Crippen LogP contribution in [0.2, 0.25) is 0 Å². The molecule has 0 aliphatic carbocycles. The maximum absolute atomic E-state index is 11.9. The van der Waals surface area contributed by atoms with Gasteiger partial charge in [-0.25, -0.2) is 0 Å². The van der Waals surface area contributed by atoms with E-state index in [0.717, 1.165) is 5.56 Å². The molecule has 2 N–H and O–H groups in total. The largest absolute Gasteiger partial charge is 0.377 e. The van der Waals surface area contributed by atoms with E-state index in [9.17, 15) is 8.42 Å². The van der Waals surface area contributed by atoms with Gasteiger partial charge in [0.1, 0.15) is 6.10 Å². The summed E-state index contributed by atoms with van der Waals surface area (Å²) in [4.78, 5) is 0.141. The van der Waals surface area contributed by atoms with Crippen LogP contribution in [-0.2, 0) is 19.0 Å². The summed E-state index contributed by atoms with van der Waals surface area (Å²) in [6.07, 6.45) is -0.596. The van der Waals surface area contributed by atoms with Crippen LogP contribution in [0.5, 0.6) is 0 Å². The van der Waals surface area contributed by atoms with E-state index in [1.807, 2.05) is 6.92 Å². The van der Waals surface area contributed by atoms with E-state index < -0.39 is 22.3 Å². The van der Waals surface area contributed by atoms with Crippen molar-refractivity contribution < 1.29 is 17.3 Å². The van der Waals surface area contributed by atoms with Crippen molar-refractivity contribution in [1.29, 1.82) is 0 Å². The van der Waals surface area contributed by atoms with Gasteiger partial charge >= 0.3 is 0 Å². The molecule has 1 saturated heterocycles.